The van der Waals surface area contributed by atoms with E-state index in [4.69, 9.17) is 24.0 Å². The van der Waals surface area contributed by atoms with Gasteiger partial charge in [0, 0.05) is 25.2 Å². The van der Waals surface area contributed by atoms with Gasteiger partial charge in [0.1, 0.15) is 6.61 Å². The second-order valence-electron chi connectivity index (χ2n) is 15.0. The van der Waals surface area contributed by atoms with E-state index in [0.717, 1.165) is 44.4 Å². The van der Waals surface area contributed by atoms with Crippen molar-refractivity contribution >= 4 is 19.8 Å². The van der Waals surface area contributed by atoms with Crippen LogP contribution < -0.4 is 0 Å². The van der Waals surface area contributed by atoms with Crippen molar-refractivity contribution in [2.75, 3.05) is 13.2 Å². The molecular formula is C40H73O12P. The van der Waals surface area contributed by atoms with Gasteiger partial charge in [-0.15, -0.1) is 0 Å². The van der Waals surface area contributed by atoms with E-state index in [1.165, 1.54) is 51.4 Å². The molecule has 1 aliphatic rings. The number of unbranched alkanes of at least 4 members (excludes halogenated alkanes) is 13. The van der Waals surface area contributed by atoms with Gasteiger partial charge in [0.2, 0.25) is 0 Å². The lowest BCUT2D eigenvalue weighted by Crippen LogP contribution is -2.43. The second-order valence-corrected chi connectivity index (χ2v) is 16.2. The number of aliphatic hydroxyl groups is 3. The van der Waals surface area contributed by atoms with E-state index < -0.39 is 57.1 Å². The molecule has 53 heavy (non-hydrogen) atoms. The minimum atomic E-state index is -4.83. The Hall–Kier alpha value is -1.63. The van der Waals surface area contributed by atoms with Crippen LogP contribution in [0.25, 0.3) is 0 Å². The van der Waals surface area contributed by atoms with E-state index in [2.05, 4.69) is 25.3 Å². The van der Waals surface area contributed by atoms with Gasteiger partial charge in [-0.2, -0.15) is 0 Å². The van der Waals surface area contributed by atoms with Crippen LogP contribution in [0, 0.1) is 11.8 Å². The number of phosphoric ester groups is 1. The van der Waals surface area contributed by atoms with Crippen LogP contribution in [-0.4, -0.2) is 81.0 Å². The highest BCUT2D eigenvalue weighted by molar-refractivity contribution is 7.46. The van der Waals surface area contributed by atoms with Crippen molar-refractivity contribution in [1.29, 1.82) is 0 Å². The van der Waals surface area contributed by atoms with Gasteiger partial charge < -0.3 is 39.3 Å². The molecule has 5 N–H and O–H groups in total. The van der Waals surface area contributed by atoms with Gasteiger partial charge in [0.05, 0.1) is 24.9 Å². The molecule has 0 aliphatic carbocycles. The van der Waals surface area contributed by atoms with Crippen molar-refractivity contribution in [2.45, 2.75) is 193 Å². The summed E-state index contributed by atoms with van der Waals surface area (Å²) in [6, 6.07) is 0. The fourth-order valence-corrected chi connectivity index (χ4v) is 6.66. The normalized spacial score (nSPS) is 20.7. The summed E-state index contributed by atoms with van der Waals surface area (Å²) in [5, 5.41) is 30.8. The largest absolute Gasteiger partial charge is 0.469 e. The van der Waals surface area contributed by atoms with Gasteiger partial charge in [0.15, 0.2) is 12.4 Å². The SMILES string of the molecule is CCCCC[C@H](O)/C=C/[C@H]1OC(O)C[C@H](O)[C@@H]1C/C=C\CCCC(=O)O[C@H](COC(=O)CCCCCCCCCCCCCC(C)C)COP(=O)(O)O. The Morgan fingerprint density at radius 2 is 1.42 bits per heavy atom. The maximum Gasteiger partial charge on any atom is 0.469 e. The van der Waals surface area contributed by atoms with E-state index in [9.17, 15) is 29.5 Å². The first-order valence-corrected chi connectivity index (χ1v) is 21.9. The fraction of sp³-hybridized carbons (Fsp3) is 0.850. The summed E-state index contributed by atoms with van der Waals surface area (Å²) in [5.41, 5.74) is 0. The molecule has 0 aromatic heterocycles. The summed E-state index contributed by atoms with van der Waals surface area (Å²) in [6.45, 7) is 5.65. The molecule has 0 aromatic carbocycles. The van der Waals surface area contributed by atoms with Gasteiger partial charge in [0.25, 0.3) is 0 Å². The van der Waals surface area contributed by atoms with E-state index in [1.54, 1.807) is 12.2 Å². The van der Waals surface area contributed by atoms with Crippen molar-refractivity contribution in [3.63, 3.8) is 0 Å². The predicted molar refractivity (Wildman–Crippen MR) is 206 cm³/mol. The summed E-state index contributed by atoms with van der Waals surface area (Å²) in [4.78, 5) is 43.0. The molecule has 12 nitrogen and oxygen atoms in total. The van der Waals surface area contributed by atoms with Crippen molar-refractivity contribution in [1.82, 2.24) is 0 Å². The smallest absolute Gasteiger partial charge is 0.462 e. The lowest BCUT2D eigenvalue weighted by molar-refractivity contribution is -0.199. The lowest BCUT2D eigenvalue weighted by Gasteiger charge is -2.36. The molecule has 310 valence electrons. The Morgan fingerprint density at radius 3 is 2.04 bits per heavy atom. The molecule has 0 amide bonds. The summed E-state index contributed by atoms with van der Waals surface area (Å²) >= 11 is 0. The number of esters is 2. The molecule has 1 aliphatic heterocycles. The van der Waals surface area contributed by atoms with Gasteiger partial charge in [-0.1, -0.05) is 135 Å². The summed E-state index contributed by atoms with van der Waals surface area (Å²) in [7, 11) is -4.83. The third-order valence-electron chi connectivity index (χ3n) is 9.45. The predicted octanol–water partition coefficient (Wildman–Crippen LogP) is 7.98. The molecule has 6 atom stereocenters. The average molecular weight is 777 g/mol. The quantitative estimate of drug-likeness (QED) is 0.0192. The van der Waals surface area contributed by atoms with Crippen molar-refractivity contribution in [2.24, 2.45) is 11.8 Å². The Morgan fingerprint density at radius 1 is 0.811 bits per heavy atom. The fourth-order valence-electron chi connectivity index (χ4n) is 6.30. The minimum Gasteiger partial charge on any atom is -0.462 e. The summed E-state index contributed by atoms with van der Waals surface area (Å²) in [5.74, 6) is -0.605. The zero-order chi connectivity index (χ0) is 39.3. The first-order valence-electron chi connectivity index (χ1n) is 20.4. The zero-order valence-corrected chi connectivity index (χ0v) is 33.8. The molecule has 0 bridgehead atoms. The van der Waals surface area contributed by atoms with Gasteiger partial charge in [-0.25, -0.2) is 4.57 Å². The molecular weight excluding hydrogens is 703 g/mol. The van der Waals surface area contributed by atoms with Crippen LogP contribution in [0.5, 0.6) is 0 Å². The first kappa shape index (κ1) is 49.4. The molecule has 0 saturated carbocycles. The monoisotopic (exact) mass is 776 g/mol. The maximum atomic E-state index is 12.5. The average Bonchev–Trinajstić information content (AvgIpc) is 3.08. The van der Waals surface area contributed by atoms with E-state index in [1.807, 2.05) is 12.2 Å². The van der Waals surface area contributed by atoms with Gasteiger partial charge >= 0.3 is 19.8 Å². The molecule has 0 radical (unpaired) electrons. The van der Waals surface area contributed by atoms with E-state index in [-0.39, 0.29) is 31.8 Å². The van der Waals surface area contributed by atoms with Crippen LogP contribution in [0.1, 0.15) is 162 Å². The highest BCUT2D eigenvalue weighted by atomic mass is 31.2. The van der Waals surface area contributed by atoms with Gasteiger partial charge in [-0.3, -0.25) is 14.1 Å². The number of hydrogen-bond acceptors (Lipinski definition) is 10. The molecule has 1 unspecified atom stereocenters. The highest BCUT2D eigenvalue weighted by Gasteiger charge is 2.35. The third kappa shape index (κ3) is 28.4. The Bertz CT molecular complexity index is 1040. The standard InChI is InChI=1S/C40H73O12P/c1-4-5-17-23-33(41)27-28-37-35(36(42)29-40(45)52-37)24-19-15-16-21-26-39(44)51-34(31-50-53(46,47)48)30-49-38(43)25-20-14-12-10-8-6-7-9-11-13-18-22-32(2)3/h15,19,27-28,32-37,40-42,45H,4-14,16-18,20-26,29-31H2,1-3H3,(H2,46,47,48)/b19-15-,28-27+/t33-,34+,35-,36-,37+,40?/m0/s1. The summed E-state index contributed by atoms with van der Waals surface area (Å²) in [6.07, 6.45) is 22.4. The van der Waals surface area contributed by atoms with Crippen LogP contribution in [0.2, 0.25) is 0 Å². The maximum absolute atomic E-state index is 12.5. The van der Waals surface area contributed by atoms with Gasteiger partial charge in [-0.05, 0) is 38.0 Å². The van der Waals surface area contributed by atoms with E-state index >= 15 is 0 Å². The topological polar surface area (TPSA) is 189 Å². The van der Waals surface area contributed by atoms with Crippen LogP contribution in [0.15, 0.2) is 24.3 Å². The first-order chi connectivity index (χ1) is 25.3. The van der Waals surface area contributed by atoms with Crippen LogP contribution in [0.3, 0.4) is 0 Å². The molecule has 1 rings (SSSR count). The molecule has 1 fully saturated rings. The number of phosphoric acid groups is 1. The number of aliphatic hydroxyl groups excluding tert-OH is 3. The van der Waals surface area contributed by atoms with Crippen molar-refractivity contribution < 1.29 is 58.0 Å². The van der Waals surface area contributed by atoms with Crippen LogP contribution >= 0.6 is 7.82 Å². The number of hydrogen-bond donors (Lipinski definition) is 5. The molecule has 1 saturated heterocycles. The number of allylic oxidation sites excluding steroid dienone is 2. The second kappa shape index (κ2) is 30.6. The van der Waals surface area contributed by atoms with Crippen LogP contribution in [-0.2, 0) is 32.9 Å². The number of carbonyl (C=O) groups excluding carboxylic acids is 2. The van der Waals surface area contributed by atoms with Crippen molar-refractivity contribution in [3.05, 3.63) is 24.3 Å². The molecule has 13 heteroatoms. The molecule has 0 aromatic rings. The Balaban J connectivity index is 2.35. The zero-order valence-electron chi connectivity index (χ0n) is 32.9. The minimum absolute atomic E-state index is 0.0195. The number of carbonyl (C=O) groups is 2. The Labute approximate surface area is 319 Å². The lowest BCUT2D eigenvalue weighted by atomic mass is 9.87. The Kier molecular flexibility index (Phi) is 28.5. The van der Waals surface area contributed by atoms with Crippen molar-refractivity contribution in [3.8, 4) is 0 Å². The summed E-state index contributed by atoms with van der Waals surface area (Å²) < 4.78 is 32.0. The molecule has 1 heterocycles. The van der Waals surface area contributed by atoms with E-state index in [0.29, 0.717) is 32.1 Å². The molecule has 0 spiro atoms. The highest BCUT2D eigenvalue weighted by Crippen LogP contribution is 2.36. The third-order valence-corrected chi connectivity index (χ3v) is 9.93. The number of rotatable bonds is 32. The van der Waals surface area contributed by atoms with Crippen LogP contribution in [0.4, 0.5) is 0 Å². The number of ether oxygens (including phenoxy) is 3.